The minimum absolute atomic E-state index is 0.0744. The van der Waals surface area contributed by atoms with Gasteiger partial charge in [-0.2, -0.15) is 0 Å². The number of rotatable bonds is 2. The number of para-hydroxylation sites is 1. The molecule has 3 aliphatic rings. The summed E-state index contributed by atoms with van der Waals surface area (Å²) in [6.07, 6.45) is 2.19. The summed E-state index contributed by atoms with van der Waals surface area (Å²) < 4.78 is 12.1. The summed E-state index contributed by atoms with van der Waals surface area (Å²) in [4.78, 5) is 2.51. The van der Waals surface area contributed by atoms with Crippen molar-refractivity contribution >= 4 is 0 Å². The fraction of sp³-hybridized carbons (Fsp3) is 0.400. The SMILES string of the molecule is COc1cccc2c1O[C@@H]1c3c(cccc3-2)C[C@H]1N1CCC(N)C1. The van der Waals surface area contributed by atoms with Gasteiger partial charge in [0.25, 0.3) is 0 Å². The summed E-state index contributed by atoms with van der Waals surface area (Å²) in [5.74, 6) is 1.69. The Kier molecular flexibility index (Phi) is 3.12. The molecule has 5 rings (SSSR count). The highest BCUT2D eigenvalue weighted by atomic mass is 16.5. The molecule has 2 aromatic carbocycles. The molecule has 2 heterocycles. The average molecular weight is 322 g/mol. The molecule has 0 saturated carbocycles. The highest BCUT2D eigenvalue weighted by Gasteiger charge is 2.44. The number of methoxy groups -OCH3 is 1. The van der Waals surface area contributed by atoms with Crippen molar-refractivity contribution < 1.29 is 9.47 Å². The predicted octanol–water partition coefficient (Wildman–Crippen LogP) is 2.75. The highest BCUT2D eigenvalue weighted by Crippen LogP contribution is 2.52. The van der Waals surface area contributed by atoms with Crippen molar-refractivity contribution in [3.63, 3.8) is 0 Å². The monoisotopic (exact) mass is 322 g/mol. The zero-order chi connectivity index (χ0) is 16.3. The van der Waals surface area contributed by atoms with Gasteiger partial charge >= 0.3 is 0 Å². The maximum atomic E-state index is 6.53. The van der Waals surface area contributed by atoms with E-state index in [-0.39, 0.29) is 6.10 Å². The normalized spacial score (nSPS) is 27.5. The largest absolute Gasteiger partial charge is 0.493 e. The van der Waals surface area contributed by atoms with Gasteiger partial charge in [-0.1, -0.05) is 30.3 Å². The Morgan fingerprint density at radius 3 is 2.79 bits per heavy atom. The summed E-state index contributed by atoms with van der Waals surface area (Å²) in [5, 5.41) is 0. The summed E-state index contributed by atoms with van der Waals surface area (Å²) >= 11 is 0. The molecule has 24 heavy (non-hydrogen) atoms. The van der Waals surface area contributed by atoms with Gasteiger partial charge < -0.3 is 15.2 Å². The van der Waals surface area contributed by atoms with E-state index < -0.39 is 0 Å². The van der Waals surface area contributed by atoms with E-state index in [9.17, 15) is 0 Å². The fourth-order valence-corrected chi connectivity index (χ4v) is 4.60. The summed E-state index contributed by atoms with van der Waals surface area (Å²) in [7, 11) is 1.70. The lowest BCUT2D eigenvalue weighted by atomic mass is 9.92. The molecule has 1 aliphatic carbocycles. The van der Waals surface area contributed by atoms with Crippen molar-refractivity contribution in [2.45, 2.75) is 31.0 Å². The van der Waals surface area contributed by atoms with Gasteiger partial charge in [0.15, 0.2) is 11.5 Å². The molecule has 0 spiro atoms. The van der Waals surface area contributed by atoms with Gasteiger partial charge in [-0.3, -0.25) is 4.90 Å². The molecule has 0 bridgehead atoms. The van der Waals surface area contributed by atoms with E-state index in [0.717, 1.165) is 43.0 Å². The van der Waals surface area contributed by atoms with Crippen LogP contribution in [0.5, 0.6) is 11.5 Å². The Hall–Kier alpha value is -2.04. The van der Waals surface area contributed by atoms with Gasteiger partial charge in [0.1, 0.15) is 6.10 Å². The van der Waals surface area contributed by atoms with E-state index in [1.165, 1.54) is 16.7 Å². The number of nitrogens with zero attached hydrogens (tertiary/aromatic N) is 1. The first-order valence-electron chi connectivity index (χ1n) is 8.71. The third kappa shape index (κ3) is 1.93. The topological polar surface area (TPSA) is 47.7 Å². The zero-order valence-electron chi connectivity index (χ0n) is 13.9. The molecule has 124 valence electrons. The Bertz CT molecular complexity index is 804. The second kappa shape index (κ2) is 5.23. The fourth-order valence-electron chi connectivity index (χ4n) is 4.60. The van der Waals surface area contributed by atoms with E-state index in [2.05, 4.69) is 29.2 Å². The smallest absolute Gasteiger partial charge is 0.170 e. The van der Waals surface area contributed by atoms with Gasteiger partial charge in [-0.05, 0) is 30.0 Å². The second-order valence-electron chi connectivity index (χ2n) is 7.07. The van der Waals surface area contributed by atoms with Crippen LogP contribution in [-0.2, 0) is 6.42 Å². The van der Waals surface area contributed by atoms with E-state index >= 15 is 0 Å². The lowest BCUT2D eigenvalue weighted by Crippen LogP contribution is -2.40. The number of benzene rings is 2. The van der Waals surface area contributed by atoms with E-state index in [4.69, 9.17) is 15.2 Å². The number of likely N-dealkylation sites (tertiary alicyclic amines) is 1. The molecule has 1 unspecified atom stereocenters. The van der Waals surface area contributed by atoms with E-state index in [1.54, 1.807) is 7.11 Å². The van der Waals surface area contributed by atoms with Gasteiger partial charge in [0.05, 0.1) is 13.2 Å². The minimum atomic E-state index is 0.0744. The molecule has 3 atom stereocenters. The third-order valence-electron chi connectivity index (χ3n) is 5.72. The van der Waals surface area contributed by atoms with Crippen molar-refractivity contribution in [1.82, 2.24) is 4.90 Å². The van der Waals surface area contributed by atoms with Crippen LogP contribution in [0.25, 0.3) is 11.1 Å². The molecule has 2 aliphatic heterocycles. The summed E-state index contributed by atoms with van der Waals surface area (Å²) in [6.45, 7) is 2.03. The standard InChI is InChI=1S/C20H22N2O2/c1-23-17-7-3-6-15-14-5-2-4-12-10-16(22-9-8-13(21)11-22)20(18(12)14)24-19(15)17/h2-7,13,16,20H,8-11,21H2,1H3/t13?,16-,20+/m1/s1. The van der Waals surface area contributed by atoms with Crippen LogP contribution in [0.4, 0.5) is 0 Å². The minimum Gasteiger partial charge on any atom is -0.493 e. The van der Waals surface area contributed by atoms with Crippen molar-refractivity contribution in [1.29, 1.82) is 0 Å². The first-order valence-corrected chi connectivity index (χ1v) is 8.71. The molecule has 0 amide bonds. The molecule has 1 fully saturated rings. The third-order valence-corrected chi connectivity index (χ3v) is 5.72. The van der Waals surface area contributed by atoms with Crippen LogP contribution in [-0.4, -0.2) is 37.2 Å². The Morgan fingerprint density at radius 1 is 1.17 bits per heavy atom. The molecule has 1 saturated heterocycles. The maximum Gasteiger partial charge on any atom is 0.170 e. The van der Waals surface area contributed by atoms with Crippen molar-refractivity contribution in [3.8, 4) is 22.6 Å². The van der Waals surface area contributed by atoms with Crippen LogP contribution >= 0.6 is 0 Å². The van der Waals surface area contributed by atoms with Crippen LogP contribution in [0.1, 0.15) is 23.7 Å². The van der Waals surface area contributed by atoms with Crippen molar-refractivity contribution in [2.24, 2.45) is 5.73 Å². The van der Waals surface area contributed by atoms with Gasteiger partial charge in [-0.25, -0.2) is 0 Å². The van der Waals surface area contributed by atoms with Gasteiger partial charge in [-0.15, -0.1) is 0 Å². The van der Waals surface area contributed by atoms with Crippen LogP contribution in [0.15, 0.2) is 36.4 Å². The predicted molar refractivity (Wildman–Crippen MR) is 93.5 cm³/mol. The van der Waals surface area contributed by atoms with Crippen LogP contribution in [0, 0.1) is 0 Å². The first-order chi connectivity index (χ1) is 11.8. The average Bonchev–Trinajstić information content (AvgIpc) is 3.19. The molecular formula is C20H22N2O2. The number of nitrogens with two attached hydrogens (primary N) is 1. The number of hydrogen-bond donors (Lipinski definition) is 1. The van der Waals surface area contributed by atoms with Crippen molar-refractivity contribution in [3.05, 3.63) is 47.5 Å². The number of ether oxygens (including phenoxy) is 2. The summed E-state index contributed by atoms with van der Waals surface area (Å²) in [5.41, 5.74) is 11.4. The second-order valence-corrected chi connectivity index (χ2v) is 7.07. The molecule has 0 aromatic heterocycles. The molecule has 4 nitrogen and oxygen atoms in total. The van der Waals surface area contributed by atoms with Gasteiger partial charge in [0.2, 0.25) is 0 Å². The van der Waals surface area contributed by atoms with Gasteiger partial charge in [0, 0.05) is 30.3 Å². The number of fused-ring (bicyclic) bond motifs is 2. The maximum absolute atomic E-state index is 6.53. The van der Waals surface area contributed by atoms with Crippen LogP contribution in [0.3, 0.4) is 0 Å². The van der Waals surface area contributed by atoms with Crippen LogP contribution in [0.2, 0.25) is 0 Å². The van der Waals surface area contributed by atoms with Crippen molar-refractivity contribution in [2.75, 3.05) is 20.2 Å². The van der Waals surface area contributed by atoms with E-state index in [0.29, 0.717) is 12.1 Å². The molecule has 2 aromatic rings. The lowest BCUT2D eigenvalue weighted by Gasteiger charge is -2.34. The molecule has 4 heteroatoms. The lowest BCUT2D eigenvalue weighted by molar-refractivity contribution is 0.0890. The Balaban J connectivity index is 1.63. The summed E-state index contributed by atoms with van der Waals surface area (Å²) in [6, 6.07) is 13.4. The number of hydrogen-bond acceptors (Lipinski definition) is 4. The quantitative estimate of drug-likeness (QED) is 0.923. The zero-order valence-corrected chi connectivity index (χ0v) is 13.9. The highest BCUT2D eigenvalue weighted by molar-refractivity contribution is 5.80. The Labute approximate surface area is 142 Å². The Morgan fingerprint density at radius 2 is 2.00 bits per heavy atom. The molecule has 2 N–H and O–H groups in total. The molecule has 0 radical (unpaired) electrons. The van der Waals surface area contributed by atoms with E-state index in [1.807, 2.05) is 12.1 Å². The molecular weight excluding hydrogens is 300 g/mol. The first kappa shape index (κ1) is 14.3. The van der Waals surface area contributed by atoms with Crippen LogP contribution < -0.4 is 15.2 Å².